The fourth-order valence-electron chi connectivity index (χ4n) is 0.860. The Morgan fingerprint density at radius 1 is 1.64 bits per heavy atom. The predicted octanol–water partition coefficient (Wildman–Crippen LogP) is 2.46. The van der Waals surface area contributed by atoms with Gasteiger partial charge in [0.15, 0.2) is 6.10 Å². The lowest BCUT2D eigenvalue weighted by molar-refractivity contribution is 0.279. The molecule has 0 amide bonds. The first-order valence-corrected chi connectivity index (χ1v) is 4.29. The van der Waals surface area contributed by atoms with Gasteiger partial charge in [-0.05, 0) is 13.0 Å². The van der Waals surface area contributed by atoms with Gasteiger partial charge in [-0.1, -0.05) is 17.5 Å². The van der Waals surface area contributed by atoms with Crippen molar-refractivity contribution in [1.82, 2.24) is 0 Å². The van der Waals surface area contributed by atoms with Crippen LogP contribution in [-0.4, -0.2) is 6.10 Å². The summed E-state index contributed by atoms with van der Waals surface area (Å²) in [5.41, 5.74) is 5.32. The molecule has 0 aliphatic heterocycles. The first kappa shape index (κ1) is 10.7. The van der Waals surface area contributed by atoms with E-state index < -0.39 is 11.9 Å². The number of nitrogen functional groups attached to an aromatic ring is 1. The molecule has 1 rings (SSSR count). The third-order valence-corrected chi connectivity index (χ3v) is 1.89. The van der Waals surface area contributed by atoms with E-state index in [-0.39, 0.29) is 16.5 Å². The fourth-order valence-corrected chi connectivity index (χ4v) is 1.05. The average Bonchev–Trinajstić information content (AvgIpc) is 2.14. The molecule has 0 heterocycles. The summed E-state index contributed by atoms with van der Waals surface area (Å²) in [6.07, 6.45) is 4.68. The molecule has 0 aromatic heterocycles. The van der Waals surface area contributed by atoms with Crippen LogP contribution in [0.2, 0.25) is 5.02 Å². The van der Waals surface area contributed by atoms with E-state index >= 15 is 0 Å². The van der Waals surface area contributed by atoms with Crippen LogP contribution in [0.5, 0.6) is 5.75 Å². The Kier molecular flexibility index (Phi) is 3.21. The summed E-state index contributed by atoms with van der Waals surface area (Å²) in [6.45, 7) is 1.68. The SMILES string of the molecule is C#CC(C)Oc1cc(N)c(F)cc1Cl. The van der Waals surface area contributed by atoms with Crippen LogP contribution in [0.3, 0.4) is 0 Å². The number of benzene rings is 1. The molecule has 14 heavy (non-hydrogen) atoms. The van der Waals surface area contributed by atoms with E-state index in [1.807, 2.05) is 0 Å². The highest BCUT2D eigenvalue weighted by Gasteiger charge is 2.09. The summed E-state index contributed by atoms with van der Waals surface area (Å²) < 4.78 is 18.1. The van der Waals surface area contributed by atoms with Crippen molar-refractivity contribution < 1.29 is 9.13 Å². The Labute approximate surface area is 86.8 Å². The molecule has 2 N–H and O–H groups in total. The lowest BCUT2D eigenvalue weighted by Crippen LogP contribution is -2.09. The fraction of sp³-hybridized carbons (Fsp3) is 0.200. The molecule has 0 saturated heterocycles. The minimum absolute atomic E-state index is 0.0198. The van der Waals surface area contributed by atoms with Crippen molar-refractivity contribution in [2.24, 2.45) is 0 Å². The van der Waals surface area contributed by atoms with Gasteiger partial charge < -0.3 is 10.5 Å². The van der Waals surface area contributed by atoms with Crippen molar-refractivity contribution in [1.29, 1.82) is 0 Å². The van der Waals surface area contributed by atoms with Gasteiger partial charge in [0.1, 0.15) is 11.6 Å². The van der Waals surface area contributed by atoms with Crippen LogP contribution in [0.25, 0.3) is 0 Å². The molecule has 0 aliphatic rings. The molecule has 1 unspecified atom stereocenters. The topological polar surface area (TPSA) is 35.2 Å². The molecule has 1 atom stereocenters. The molecular formula is C10H9ClFNO. The van der Waals surface area contributed by atoms with Crippen LogP contribution >= 0.6 is 11.6 Å². The number of halogens is 2. The van der Waals surface area contributed by atoms with Crippen molar-refractivity contribution in [3.8, 4) is 18.1 Å². The van der Waals surface area contributed by atoms with Crippen molar-refractivity contribution >= 4 is 17.3 Å². The lowest BCUT2D eigenvalue weighted by Gasteiger charge is -2.11. The lowest BCUT2D eigenvalue weighted by atomic mass is 10.3. The van der Waals surface area contributed by atoms with Gasteiger partial charge in [0.05, 0.1) is 10.7 Å². The molecule has 0 saturated carbocycles. The van der Waals surface area contributed by atoms with Crippen LogP contribution < -0.4 is 10.5 Å². The minimum Gasteiger partial charge on any atom is -0.476 e. The Hall–Kier alpha value is -1.40. The normalized spacial score (nSPS) is 11.9. The summed E-state index contributed by atoms with van der Waals surface area (Å²) in [7, 11) is 0. The highest BCUT2D eigenvalue weighted by molar-refractivity contribution is 6.32. The van der Waals surface area contributed by atoms with Gasteiger partial charge in [-0.15, -0.1) is 6.42 Å². The number of anilines is 1. The van der Waals surface area contributed by atoms with Crippen LogP contribution in [0.1, 0.15) is 6.92 Å². The van der Waals surface area contributed by atoms with Crippen LogP contribution in [0.15, 0.2) is 12.1 Å². The maximum absolute atomic E-state index is 12.9. The van der Waals surface area contributed by atoms with Crippen molar-refractivity contribution in [2.45, 2.75) is 13.0 Å². The van der Waals surface area contributed by atoms with Crippen LogP contribution in [0, 0.1) is 18.2 Å². The summed E-state index contributed by atoms with van der Waals surface area (Å²) in [6, 6.07) is 2.40. The average molecular weight is 214 g/mol. The molecule has 1 aromatic carbocycles. The second-order valence-corrected chi connectivity index (χ2v) is 3.14. The van der Waals surface area contributed by atoms with Crippen molar-refractivity contribution in [3.63, 3.8) is 0 Å². The quantitative estimate of drug-likeness (QED) is 0.605. The molecule has 0 bridgehead atoms. The van der Waals surface area contributed by atoms with Gasteiger partial charge in [0, 0.05) is 6.07 Å². The minimum atomic E-state index is -0.573. The van der Waals surface area contributed by atoms with E-state index in [0.717, 1.165) is 6.07 Å². The number of nitrogens with two attached hydrogens (primary N) is 1. The molecule has 0 radical (unpaired) electrons. The van der Waals surface area contributed by atoms with Gasteiger partial charge in [0.25, 0.3) is 0 Å². The Balaban J connectivity index is 2.99. The zero-order valence-electron chi connectivity index (χ0n) is 7.55. The Morgan fingerprint density at radius 2 is 2.29 bits per heavy atom. The Bertz CT molecular complexity index is 386. The molecule has 0 aliphatic carbocycles. The van der Waals surface area contributed by atoms with E-state index in [0.29, 0.717) is 0 Å². The first-order valence-electron chi connectivity index (χ1n) is 3.92. The van der Waals surface area contributed by atoms with E-state index in [2.05, 4.69) is 5.92 Å². The van der Waals surface area contributed by atoms with Crippen molar-refractivity contribution in [3.05, 3.63) is 23.0 Å². The van der Waals surface area contributed by atoms with E-state index in [1.165, 1.54) is 6.07 Å². The van der Waals surface area contributed by atoms with Crippen LogP contribution in [0.4, 0.5) is 10.1 Å². The summed E-state index contributed by atoms with van der Waals surface area (Å²) in [5.74, 6) is 2.07. The van der Waals surface area contributed by atoms with Gasteiger partial charge in [-0.25, -0.2) is 4.39 Å². The summed E-state index contributed by atoms with van der Waals surface area (Å²) >= 11 is 5.71. The standard InChI is InChI=1S/C10H9ClFNO/c1-3-6(2)14-10-5-9(13)8(12)4-7(10)11/h1,4-6H,13H2,2H3. The van der Waals surface area contributed by atoms with E-state index in [1.54, 1.807) is 6.92 Å². The van der Waals surface area contributed by atoms with Gasteiger partial charge in [-0.2, -0.15) is 0 Å². The van der Waals surface area contributed by atoms with Crippen molar-refractivity contribution in [2.75, 3.05) is 5.73 Å². The first-order chi connectivity index (χ1) is 6.54. The number of hydrogen-bond acceptors (Lipinski definition) is 2. The van der Waals surface area contributed by atoms with Gasteiger partial charge in [-0.3, -0.25) is 0 Å². The van der Waals surface area contributed by atoms with Crippen LogP contribution in [-0.2, 0) is 0 Å². The van der Waals surface area contributed by atoms with Gasteiger partial charge >= 0.3 is 0 Å². The smallest absolute Gasteiger partial charge is 0.156 e. The number of terminal acetylenes is 1. The highest BCUT2D eigenvalue weighted by atomic mass is 35.5. The van der Waals surface area contributed by atoms with E-state index in [9.17, 15) is 4.39 Å². The maximum atomic E-state index is 12.9. The molecule has 0 spiro atoms. The highest BCUT2D eigenvalue weighted by Crippen LogP contribution is 2.29. The maximum Gasteiger partial charge on any atom is 0.156 e. The summed E-state index contributed by atoms with van der Waals surface area (Å²) in [4.78, 5) is 0. The van der Waals surface area contributed by atoms with Gasteiger partial charge in [0.2, 0.25) is 0 Å². The number of hydrogen-bond donors (Lipinski definition) is 1. The third-order valence-electron chi connectivity index (χ3n) is 1.59. The summed E-state index contributed by atoms with van der Waals surface area (Å²) in [5, 5.41) is 0.152. The molecule has 2 nitrogen and oxygen atoms in total. The Morgan fingerprint density at radius 3 is 2.86 bits per heavy atom. The number of ether oxygens (including phenoxy) is 1. The third kappa shape index (κ3) is 2.30. The second kappa shape index (κ2) is 4.21. The zero-order chi connectivity index (χ0) is 10.7. The largest absolute Gasteiger partial charge is 0.476 e. The molecular weight excluding hydrogens is 205 g/mol. The number of rotatable bonds is 2. The zero-order valence-corrected chi connectivity index (χ0v) is 8.31. The monoisotopic (exact) mass is 213 g/mol. The molecule has 74 valence electrons. The molecule has 0 fully saturated rings. The van der Waals surface area contributed by atoms with E-state index in [4.69, 9.17) is 28.5 Å². The second-order valence-electron chi connectivity index (χ2n) is 2.73. The molecule has 4 heteroatoms. The molecule has 1 aromatic rings. The predicted molar refractivity (Wildman–Crippen MR) is 54.7 cm³/mol.